The molecule has 1 aliphatic rings. The zero-order chi connectivity index (χ0) is 25.8. The Morgan fingerprint density at radius 2 is 1.95 bits per heavy atom. The summed E-state index contributed by atoms with van der Waals surface area (Å²) in [6.07, 6.45) is 3.03. The van der Waals surface area contributed by atoms with Crippen LogP contribution in [-0.2, 0) is 11.2 Å². The van der Waals surface area contributed by atoms with E-state index in [1.165, 1.54) is 23.0 Å². The van der Waals surface area contributed by atoms with Gasteiger partial charge in [0.2, 0.25) is 5.91 Å². The molecular weight excluding hydrogens is 504 g/mol. The summed E-state index contributed by atoms with van der Waals surface area (Å²) in [4.78, 5) is 30.5. The highest BCUT2D eigenvalue weighted by atomic mass is 35.5. The second-order valence-electron chi connectivity index (χ2n) is 8.53. The number of fused-ring (bicyclic) bond motifs is 2. The molecule has 184 valence electrons. The number of aromatic hydroxyl groups is 1. The summed E-state index contributed by atoms with van der Waals surface area (Å²) in [7, 11) is 0. The standard InChI is InChI=1S/C25H16ClF2N7O2/c1-11-19-21(13-6-15(28)20(26)18(36)8-13)32-22(33-23(19)34-25(11)37)17-9-35-24(29-10-30-35)16(31-17)7-12-4-2-3-5-14(12)27/h2-6,8-11,36H,7H2,1H3,(H,32,33,34,37). The average Bonchev–Trinajstić information content (AvgIpc) is 3.47. The van der Waals surface area contributed by atoms with Crippen LogP contribution >= 0.6 is 11.6 Å². The summed E-state index contributed by atoms with van der Waals surface area (Å²) in [5.74, 6) is -2.28. The Morgan fingerprint density at radius 3 is 2.73 bits per heavy atom. The number of hydrogen-bond acceptors (Lipinski definition) is 7. The summed E-state index contributed by atoms with van der Waals surface area (Å²) in [6.45, 7) is 1.67. The van der Waals surface area contributed by atoms with Crippen molar-refractivity contribution in [1.29, 1.82) is 0 Å². The minimum Gasteiger partial charge on any atom is -0.506 e. The molecule has 6 rings (SSSR count). The first-order chi connectivity index (χ1) is 17.8. The van der Waals surface area contributed by atoms with Gasteiger partial charge in [0.25, 0.3) is 0 Å². The van der Waals surface area contributed by atoms with Crippen molar-refractivity contribution >= 4 is 29.0 Å². The lowest BCUT2D eigenvalue weighted by molar-refractivity contribution is -0.116. The maximum Gasteiger partial charge on any atom is 0.233 e. The molecule has 0 saturated heterocycles. The van der Waals surface area contributed by atoms with Crippen molar-refractivity contribution in [3.05, 3.63) is 82.4 Å². The Morgan fingerprint density at radius 1 is 1.14 bits per heavy atom. The van der Waals surface area contributed by atoms with Crippen LogP contribution in [0.1, 0.15) is 29.7 Å². The molecule has 5 aromatic rings. The first-order valence-electron chi connectivity index (χ1n) is 11.1. The smallest absolute Gasteiger partial charge is 0.233 e. The maximum absolute atomic E-state index is 14.4. The van der Waals surface area contributed by atoms with E-state index in [-0.39, 0.29) is 46.7 Å². The van der Waals surface area contributed by atoms with Crippen LogP contribution in [0.3, 0.4) is 0 Å². The molecule has 2 N–H and O–H groups in total. The van der Waals surface area contributed by atoms with Gasteiger partial charge in [0, 0.05) is 17.5 Å². The normalized spacial score (nSPS) is 14.7. The average molecular weight is 520 g/mol. The molecule has 0 bridgehead atoms. The number of nitrogens with one attached hydrogen (secondary N) is 1. The van der Waals surface area contributed by atoms with Crippen LogP contribution in [0.5, 0.6) is 5.75 Å². The molecule has 9 nitrogen and oxygen atoms in total. The predicted octanol–water partition coefficient (Wildman–Crippen LogP) is 4.53. The van der Waals surface area contributed by atoms with Crippen molar-refractivity contribution in [3.63, 3.8) is 0 Å². The molecule has 12 heteroatoms. The van der Waals surface area contributed by atoms with Crippen LogP contribution in [0.2, 0.25) is 5.02 Å². The monoisotopic (exact) mass is 519 g/mol. The predicted molar refractivity (Wildman–Crippen MR) is 130 cm³/mol. The molecule has 0 radical (unpaired) electrons. The topological polar surface area (TPSA) is 118 Å². The highest BCUT2D eigenvalue weighted by Crippen LogP contribution is 2.41. The summed E-state index contributed by atoms with van der Waals surface area (Å²) < 4.78 is 30.3. The molecular formula is C25H16ClF2N7O2. The lowest BCUT2D eigenvalue weighted by atomic mass is 9.98. The number of halogens is 3. The van der Waals surface area contributed by atoms with Crippen molar-refractivity contribution in [2.24, 2.45) is 0 Å². The van der Waals surface area contributed by atoms with Gasteiger partial charge >= 0.3 is 0 Å². The zero-order valence-electron chi connectivity index (χ0n) is 19.1. The van der Waals surface area contributed by atoms with Crippen LogP contribution in [0.15, 0.2) is 48.9 Å². The minimum absolute atomic E-state index is 0.102. The highest BCUT2D eigenvalue weighted by Gasteiger charge is 2.33. The summed E-state index contributed by atoms with van der Waals surface area (Å²) >= 11 is 5.80. The largest absolute Gasteiger partial charge is 0.506 e. The minimum atomic E-state index is -0.843. The second kappa shape index (κ2) is 8.56. The molecule has 0 saturated carbocycles. The van der Waals surface area contributed by atoms with E-state index < -0.39 is 22.5 Å². The van der Waals surface area contributed by atoms with Gasteiger partial charge in [-0.25, -0.2) is 33.2 Å². The van der Waals surface area contributed by atoms with E-state index in [0.29, 0.717) is 22.5 Å². The van der Waals surface area contributed by atoms with Gasteiger partial charge < -0.3 is 10.4 Å². The van der Waals surface area contributed by atoms with Crippen molar-refractivity contribution in [2.75, 3.05) is 5.32 Å². The number of benzene rings is 2. The number of aromatic nitrogens is 6. The molecule has 3 aromatic heterocycles. The second-order valence-corrected chi connectivity index (χ2v) is 8.91. The number of carbonyl (C=O) groups is 1. The van der Waals surface area contributed by atoms with Crippen LogP contribution < -0.4 is 5.32 Å². The summed E-state index contributed by atoms with van der Waals surface area (Å²) in [5, 5.41) is 16.6. The highest BCUT2D eigenvalue weighted by molar-refractivity contribution is 6.32. The fraction of sp³-hybridized carbons (Fsp3) is 0.120. The van der Waals surface area contributed by atoms with Gasteiger partial charge in [-0.3, -0.25) is 4.79 Å². The number of anilines is 1. The number of phenols is 1. The van der Waals surface area contributed by atoms with Gasteiger partial charge in [-0.1, -0.05) is 29.8 Å². The Bertz CT molecular complexity index is 1720. The molecule has 4 heterocycles. The Kier molecular flexibility index (Phi) is 5.30. The molecule has 1 unspecified atom stereocenters. The van der Waals surface area contributed by atoms with Gasteiger partial charge in [-0.05, 0) is 30.7 Å². The van der Waals surface area contributed by atoms with E-state index in [1.807, 2.05) is 0 Å². The number of rotatable bonds is 4. The number of phenolic OH excluding ortho intramolecular Hbond substituents is 1. The van der Waals surface area contributed by atoms with Gasteiger partial charge in [-0.15, -0.1) is 0 Å². The molecule has 37 heavy (non-hydrogen) atoms. The molecule has 1 aliphatic heterocycles. The van der Waals surface area contributed by atoms with E-state index >= 15 is 0 Å². The Labute approximate surface area is 212 Å². The van der Waals surface area contributed by atoms with Crippen LogP contribution in [0.4, 0.5) is 14.6 Å². The van der Waals surface area contributed by atoms with Gasteiger partial charge in [0.1, 0.15) is 40.2 Å². The molecule has 1 amide bonds. The van der Waals surface area contributed by atoms with Gasteiger partial charge in [0.15, 0.2) is 11.5 Å². The Hall–Kier alpha value is -4.51. The van der Waals surface area contributed by atoms with Crippen molar-refractivity contribution in [1.82, 2.24) is 29.5 Å². The molecule has 1 atom stereocenters. The fourth-order valence-corrected chi connectivity index (χ4v) is 4.43. The van der Waals surface area contributed by atoms with Crippen LogP contribution in [-0.4, -0.2) is 40.6 Å². The number of nitrogens with zero attached hydrogens (tertiary/aromatic N) is 6. The first kappa shape index (κ1) is 22.9. The van der Waals surface area contributed by atoms with Crippen molar-refractivity contribution in [2.45, 2.75) is 19.3 Å². The third kappa shape index (κ3) is 3.84. The quantitative estimate of drug-likeness (QED) is 0.358. The third-order valence-electron chi connectivity index (χ3n) is 6.17. The number of carbonyl (C=O) groups excluding carboxylic acids is 1. The van der Waals surface area contributed by atoms with Crippen molar-refractivity contribution in [3.8, 4) is 28.5 Å². The van der Waals surface area contributed by atoms with Gasteiger partial charge in [-0.2, -0.15) is 5.10 Å². The van der Waals surface area contributed by atoms with E-state index in [4.69, 9.17) is 11.6 Å². The SMILES string of the molecule is CC1C(=O)Nc2nc(-c3cn4ncnc4c(Cc4ccccc4F)n3)nc(-c3cc(O)c(Cl)c(F)c3)c21. The van der Waals surface area contributed by atoms with E-state index in [1.54, 1.807) is 31.3 Å². The van der Waals surface area contributed by atoms with Crippen LogP contribution in [0.25, 0.3) is 28.4 Å². The Balaban J connectivity index is 1.55. The van der Waals surface area contributed by atoms with Gasteiger partial charge in [0.05, 0.1) is 23.5 Å². The third-order valence-corrected chi connectivity index (χ3v) is 6.55. The molecule has 0 spiro atoms. The lowest BCUT2D eigenvalue weighted by Crippen LogP contribution is -2.08. The molecule has 0 aliphatic carbocycles. The molecule has 2 aromatic carbocycles. The van der Waals surface area contributed by atoms with E-state index in [0.717, 1.165) is 6.07 Å². The molecule has 0 fully saturated rings. The van der Waals surface area contributed by atoms with E-state index in [2.05, 4.69) is 30.4 Å². The number of hydrogen-bond donors (Lipinski definition) is 2. The summed E-state index contributed by atoms with van der Waals surface area (Å²) in [6, 6.07) is 8.73. The maximum atomic E-state index is 14.4. The van der Waals surface area contributed by atoms with Crippen molar-refractivity contribution < 1.29 is 18.7 Å². The fourth-order valence-electron chi connectivity index (χ4n) is 4.32. The summed E-state index contributed by atoms with van der Waals surface area (Å²) in [5.41, 5.74) is 2.42. The zero-order valence-corrected chi connectivity index (χ0v) is 19.8. The van der Waals surface area contributed by atoms with Crippen LogP contribution in [0, 0.1) is 11.6 Å². The first-order valence-corrected chi connectivity index (χ1v) is 11.5. The lowest BCUT2D eigenvalue weighted by Gasteiger charge is -2.13. The number of amides is 1. The van der Waals surface area contributed by atoms with E-state index in [9.17, 15) is 18.7 Å².